The first-order valence-corrected chi connectivity index (χ1v) is 8.87. The van der Waals surface area contributed by atoms with E-state index in [1.807, 2.05) is 24.3 Å². The largest absolute Gasteiger partial charge is 0.489 e. The van der Waals surface area contributed by atoms with Crippen LogP contribution < -0.4 is 10.1 Å². The van der Waals surface area contributed by atoms with Gasteiger partial charge in [0.2, 0.25) is 0 Å². The number of aliphatic carboxylic acids is 1. The first-order valence-electron chi connectivity index (χ1n) is 8.87. The summed E-state index contributed by atoms with van der Waals surface area (Å²) in [4.78, 5) is 10.6. The second-order valence-electron chi connectivity index (χ2n) is 6.53. The number of rotatable bonds is 7. The minimum atomic E-state index is -0.890. The summed E-state index contributed by atoms with van der Waals surface area (Å²) < 4.78 is 5.88. The molecule has 4 heteroatoms. The smallest absolute Gasteiger partial charge is 0.322 e. The molecule has 3 aromatic rings. The number of nitrogens with one attached hydrogen (secondary N) is 1. The first kappa shape index (κ1) is 18.5. The highest BCUT2D eigenvalue weighted by molar-refractivity contribution is 5.73. The van der Waals surface area contributed by atoms with Crippen LogP contribution in [0.3, 0.4) is 0 Å². The second-order valence-corrected chi connectivity index (χ2v) is 6.53. The van der Waals surface area contributed by atoms with Crippen molar-refractivity contribution in [2.24, 2.45) is 0 Å². The van der Waals surface area contributed by atoms with Crippen LogP contribution in [-0.2, 0) is 11.4 Å². The van der Waals surface area contributed by atoms with Gasteiger partial charge in [0.25, 0.3) is 0 Å². The maximum Gasteiger partial charge on any atom is 0.322 e. The third kappa shape index (κ3) is 4.88. The molecule has 0 aromatic heterocycles. The zero-order chi connectivity index (χ0) is 19.2. The molecule has 0 aliphatic carbocycles. The van der Waals surface area contributed by atoms with E-state index in [-0.39, 0.29) is 6.54 Å². The number of hydrogen-bond donors (Lipinski definition) is 2. The van der Waals surface area contributed by atoms with Gasteiger partial charge in [0.1, 0.15) is 18.9 Å². The summed E-state index contributed by atoms with van der Waals surface area (Å²) in [6.07, 6.45) is 0. The van der Waals surface area contributed by atoms with E-state index in [4.69, 9.17) is 9.84 Å². The van der Waals surface area contributed by atoms with Gasteiger partial charge in [0.05, 0.1) is 0 Å². The first-order chi connectivity index (χ1) is 13.0. The summed E-state index contributed by atoms with van der Waals surface area (Å²) in [6, 6.07) is 22.0. The highest BCUT2D eigenvalue weighted by Gasteiger charge is 2.06. The van der Waals surface area contributed by atoms with E-state index in [0.717, 1.165) is 17.0 Å². The van der Waals surface area contributed by atoms with Gasteiger partial charge in [-0.1, -0.05) is 36.4 Å². The van der Waals surface area contributed by atoms with E-state index >= 15 is 0 Å². The molecule has 0 fully saturated rings. The number of carboxylic acids is 1. The molecule has 0 saturated heterocycles. The zero-order valence-electron chi connectivity index (χ0n) is 15.5. The van der Waals surface area contributed by atoms with Gasteiger partial charge in [-0.3, -0.25) is 4.79 Å². The van der Waals surface area contributed by atoms with Crippen LogP contribution in [0.4, 0.5) is 5.69 Å². The van der Waals surface area contributed by atoms with Crippen molar-refractivity contribution in [3.63, 3.8) is 0 Å². The molecular formula is C23H23NO3. The Kier molecular flexibility index (Phi) is 5.77. The van der Waals surface area contributed by atoms with E-state index in [0.29, 0.717) is 6.61 Å². The lowest BCUT2D eigenvalue weighted by molar-refractivity contribution is -0.134. The second kappa shape index (κ2) is 8.41. The quantitative estimate of drug-likeness (QED) is 0.618. The Morgan fingerprint density at radius 1 is 0.963 bits per heavy atom. The van der Waals surface area contributed by atoms with Gasteiger partial charge in [-0.2, -0.15) is 0 Å². The Labute approximate surface area is 159 Å². The Bertz CT molecular complexity index is 912. The van der Waals surface area contributed by atoms with Crippen molar-refractivity contribution in [1.82, 2.24) is 0 Å². The molecule has 3 aromatic carbocycles. The molecule has 3 rings (SSSR count). The van der Waals surface area contributed by atoms with Crippen molar-refractivity contribution in [1.29, 1.82) is 0 Å². The molecule has 27 heavy (non-hydrogen) atoms. The van der Waals surface area contributed by atoms with Crippen LogP contribution in [-0.4, -0.2) is 17.6 Å². The number of hydrogen-bond acceptors (Lipinski definition) is 3. The third-order valence-electron chi connectivity index (χ3n) is 4.40. The monoisotopic (exact) mass is 361 g/mol. The van der Waals surface area contributed by atoms with E-state index in [2.05, 4.69) is 61.6 Å². The average molecular weight is 361 g/mol. The van der Waals surface area contributed by atoms with Crippen LogP contribution >= 0.6 is 0 Å². The van der Waals surface area contributed by atoms with Gasteiger partial charge < -0.3 is 15.2 Å². The molecule has 2 N–H and O–H groups in total. The van der Waals surface area contributed by atoms with Gasteiger partial charge >= 0.3 is 5.97 Å². The number of carboxylic acid groups (broad SMARTS) is 1. The van der Waals surface area contributed by atoms with Gasteiger partial charge in [0, 0.05) is 5.69 Å². The molecule has 0 radical (unpaired) electrons. The fraction of sp³-hybridized carbons (Fsp3) is 0.174. The lowest BCUT2D eigenvalue weighted by Gasteiger charge is -2.12. The molecule has 0 bridgehead atoms. The maximum absolute atomic E-state index is 10.6. The molecule has 0 spiro atoms. The van der Waals surface area contributed by atoms with E-state index < -0.39 is 5.97 Å². The average Bonchev–Trinajstić information content (AvgIpc) is 2.66. The predicted molar refractivity (Wildman–Crippen MR) is 108 cm³/mol. The molecular weight excluding hydrogens is 338 g/mol. The van der Waals surface area contributed by atoms with Crippen molar-refractivity contribution in [2.45, 2.75) is 20.5 Å². The number of aryl methyl sites for hydroxylation is 2. The summed E-state index contributed by atoms with van der Waals surface area (Å²) >= 11 is 0. The molecule has 4 nitrogen and oxygen atoms in total. The number of carbonyl (C=O) groups is 1. The number of ether oxygens (including phenoxy) is 1. The fourth-order valence-corrected chi connectivity index (χ4v) is 3.10. The number of benzene rings is 3. The molecule has 0 unspecified atom stereocenters. The lowest BCUT2D eigenvalue weighted by atomic mass is 9.95. The van der Waals surface area contributed by atoms with Crippen molar-refractivity contribution in [2.75, 3.05) is 11.9 Å². The standard InChI is InChI=1S/C23H23NO3/c1-16-5-3-6-17(2)23(16)19-8-4-7-18(13-19)15-27-21-11-9-20(10-12-21)24-14-22(25)26/h3-13,24H,14-15H2,1-2H3,(H,25,26). The molecule has 0 heterocycles. The van der Waals surface area contributed by atoms with Crippen molar-refractivity contribution in [3.8, 4) is 16.9 Å². The van der Waals surface area contributed by atoms with Crippen molar-refractivity contribution < 1.29 is 14.6 Å². The molecule has 0 atom stereocenters. The van der Waals surface area contributed by atoms with Gasteiger partial charge in [0.15, 0.2) is 0 Å². The van der Waals surface area contributed by atoms with Crippen LogP contribution in [0.1, 0.15) is 16.7 Å². The summed E-state index contributed by atoms with van der Waals surface area (Å²) in [5.41, 5.74) is 6.84. The van der Waals surface area contributed by atoms with E-state index in [9.17, 15) is 4.79 Å². The summed E-state index contributed by atoms with van der Waals surface area (Å²) in [5, 5.41) is 11.5. The van der Waals surface area contributed by atoms with Gasteiger partial charge in [-0.05, 0) is 72.0 Å². The predicted octanol–water partition coefficient (Wildman–Crippen LogP) is 5.05. The van der Waals surface area contributed by atoms with Crippen molar-refractivity contribution >= 4 is 11.7 Å². The highest BCUT2D eigenvalue weighted by Crippen LogP contribution is 2.28. The summed E-state index contributed by atoms with van der Waals surface area (Å²) in [6.45, 7) is 4.63. The summed E-state index contributed by atoms with van der Waals surface area (Å²) in [5.74, 6) is -0.146. The van der Waals surface area contributed by atoms with Crippen molar-refractivity contribution in [3.05, 3.63) is 83.4 Å². The van der Waals surface area contributed by atoms with Crippen LogP contribution in [0, 0.1) is 13.8 Å². The SMILES string of the molecule is Cc1cccc(C)c1-c1cccc(COc2ccc(NCC(=O)O)cc2)c1. The molecule has 0 aliphatic rings. The normalized spacial score (nSPS) is 10.4. The Morgan fingerprint density at radius 3 is 2.30 bits per heavy atom. The Balaban J connectivity index is 1.68. The fourth-order valence-electron chi connectivity index (χ4n) is 3.10. The van der Waals surface area contributed by atoms with Crippen LogP contribution in [0.15, 0.2) is 66.7 Å². The molecule has 0 saturated carbocycles. The molecule has 138 valence electrons. The van der Waals surface area contributed by atoms with Gasteiger partial charge in [-0.15, -0.1) is 0 Å². The Morgan fingerprint density at radius 2 is 1.63 bits per heavy atom. The molecule has 0 amide bonds. The van der Waals surface area contributed by atoms with Crippen LogP contribution in [0.2, 0.25) is 0 Å². The van der Waals surface area contributed by atoms with E-state index in [1.165, 1.54) is 22.3 Å². The summed E-state index contributed by atoms with van der Waals surface area (Å²) in [7, 11) is 0. The third-order valence-corrected chi connectivity index (χ3v) is 4.40. The van der Waals surface area contributed by atoms with Gasteiger partial charge in [-0.25, -0.2) is 0 Å². The number of anilines is 1. The van der Waals surface area contributed by atoms with Crippen LogP contribution in [0.25, 0.3) is 11.1 Å². The lowest BCUT2D eigenvalue weighted by Crippen LogP contribution is -2.12. The minimum absolute atomic E-state index is 0.106. The zero-order valence-corrected chi connectivity index (χ0v) is 15.5. The topological polar surface area (TPSA) is 58.6 Å². The Hall–Kier alpha value is -3.27. The van der Waals surface area contributed by atoms with Crippen LogP contribution in [0.5, 0.6) is 5.75 Å². The molecule has 0 aliphatic heterocycles. The highest BCUT2D eigenvalue weighted by atomic mass is 16.5. The van der Waals surface area contributed by atoms with E-state index in [1.54, 1.807) is 0 Å². The minimum Gasteiger partial charge on any atom is -0.489 e. The maximum atomic E-state index is 10.6.